The summed E-state index contributed by atoms with van der Waals surface area (Å²) in [6.45, 7) is 3.69. The largest absolute Gasteiger partial charge is 0.465 e. The van der Waals surface area contributed by atoms with Gasteiger partial charge in [-0.25, -0.2) is 9.78 Å². The highest BCUT2D eigenvalue weighted by atomic mass is 32.2. The number of ether oxygens (including phenoxy) is 1. The lowest BCUT2D eigenvalue weighted by Gasteiger charge is -2.14. The summed E-state index contributed by atoms with van der Waals surface area (Å²) in [4.78, 5) is 15.7. The number of carbonyl (C=O) groups is 1. The third-order valence-electron chi connectivity index (χ3n) is 2.37. The fourth-order valence-corrected chi connectivity index (χ4v) is 2.40. The van der Waals surface area contributed by atoms with Crippen molar-refractivity contribution in [3.05, 3.63) is 23.4 Å². The summed E-state index contributed by atoms with van der Waals surface area (Å²) in [5, 5.41) is 3.14. The molecule has 2 unspecified atom stereocenters. The zero-order valence-corrected chi connectivity index (χ0v) is 11.8. The maximum Gasteiger partial charge on any atom is 0.339 e. The Bertz CT molecular complexity index is 463. The molecule has 2 atom stereocenters. The van der Waals surface area contributed by atoms with Gasteiger partial charge in [-0.05, 0) is 26.0 Å². The van der Waals surface area contributed by atoms with Crippen molar-refractivity contribution < 1.29 is 13.7 Å². The van der Waals surface area contributed by atoms with Gasteiger partial charge >= 0.3 is 5.97 Å². The van der Waals surface area contributed by atoms with Crippen molar-refractivity contribution in [2.24, 2.45) is 0 Å². The number of hydrogen-bond donors (Lipinski definition) is 1. The first-order valence-electron chi connectivity index (χ1n) is 5.56. The molecule has 0 amide bonds. The second kappa shape index (κ2) is 6.49. The minimum atomic E-state index is -0.852. The van der Waals surface area contributed by atoms with Crippen LogP contribution in [0.25, 0.3) is 0 Å². The maximum atomic E-state index is 11.4. The number of anilines is 1. The third kappa shape index (κ3) is 4.10. The smallest absolute Gasteiger partial charge is 0.339 e. The first kappa shape index (κ1) is 14.6. The van der Waals surface area contributed by atoms with E-state index in [0.717, 1.165) is 0 Å². The number of esters is 1. The average molecular weight is 270 g/mol. The molecule has 5 nitrogen and oxygen atoms in total. The minimum Gasteiger partial charge on any atom is -0.465 e. The van der Waals surface area contributed by atoms with Gasteiger partial charge in [0.05, 0.1) is 18.4 Å². The summed E-state index contributed by atoms with van der Waals surface area (Å²) >= 11 is 0. The van der Waals surface area contributed by atoms with Gasteiger partial charge in [0, 0.05) is 28.9 Å². The Kier molecular flexibility index (Phi) is 5.27. The van der Waals surface area contributed by atoms with E-state index in [-0.39, 0.29) is 6.04 Å². The minimum absolute atomic E-state index is 0.0618. The van der Waals surface area contributed by atoms with Crippen LogP contribution in [0, 0.1) is 6.92 Å². The number of nitrogens with zero attached hydrogens (tertiary/aromatic N) is 1. The number of methoxy groups -OCH3 is 1. The van der Waals surface area contributed by atoms with Crippen LogP contribution >= 0.6 is 0 Å². The summed E-state index contributed by atoms with van der Waals surface area (Å²) in [5.74, 6) is 0.826. The van der Waals surface area contributed by atoms with Crippen LogP contribution in [-0.4, -0.2) is 40.3 Å². The molecule has 0 aliphatic carbocycles. The Morgan fingerprint density at radius 2 is 2.22 bits per heavy atom. The second-order valence-electron chi connectivity index (χ2n) is 4.11. The van der Waals surface area contributed by atoms with Crippen molar-refractivity contribution in [2.75, 3.05) is 24.4 Å². The van der Waals surface area contributed by atoms with E-state index in [2.05, 4.69) is 15.0 Å². The Labute approximate surface area is 109 Å². The maximum absolute atomic E-state index is 11.4. The van der Waals surface area contributed by atoms with E-state index in [1.54, 1.807) is 25.3 Å². The Balaban J connectivity index is 2.78. The van der Waals surface area contributed by atoms with Crippen LogP contribution in [0.2, 0.25) is 0 Å². The van der Waals surface area contributed by atoms with Crippen molar-refractivity contribution in [1.29, 1.82) is 0 Å². The molecule has 6 heteroatoms. The topological polar surface area (TPSA) is 68.3 Å². The Hall–Kier alpha value is -1.43. The van der Waals surface area contributed by atoms with Gasteiger partial charge in [-0.3, -0.25) is 4.21 Å². The summed E-state index contributed by atoms with van der Waals surface area (Å²) in [6.07, 6.45) is 1.66. The zero-order chi connectivity index (χ0) is 13.7. The van der Waals surface area contributed by atoms with Gasteiger partial charge in [0.15, 0.2) is 0 Å². The van der Waals surface area contributed by atoms with Crippen molar-refractivity contribution in [3.63, 3.8) is 0 Å². The highest BCUT2D eigenvalue weighted by molar-refractivity contribution is 7.84. The molecular weight excluding hydrogens is 252 g/mol. The Morgan fingerprint density at radius 1 is 1.56 bits per heavy atom. The van der Waals surface area contributed by atoms with Crippen LogP contribution < -0.4 is 5.32 Å². The number of hydrogen-bond acceptors (Lipinski definition) is 5. The van der Waals surface area contributed by atoms with Crippen molar-refractivity contribution in [3.8, 4) is 0 Å². The number of rotatable bonds is 5. The first-order chi connectivity index (χ1) is 8.43. The fraction of sp³-hybridized carbons (Fsp3) is 0.500. The lowest BCUT2D eigenvalue weighted by Crippen LogP contribution is -2.23. The van der Waals surface area contributed by atoms with E-state index >= 15 is 0 Å². The molecule has 0 radical (unpaired) electrons. The summed E-state index contributed by atoms with van der Waals surface area (Å²) in [7, 11) is 0.488. The van der Waals surface area contributed by atoms with Crippen LogP contribution in [0.15, 0.2) is 12.1 Å². The molecule has 0 saturated carbocycles. The number of carbonyl (C=O) groups excluding carboxylic acids is 1. The SMILES string of the molecule is COC(=O)c1ccc(NC(C)CS(C)=O)nc1C. The van der Waals surface area contributed by atoms with Crippen LogP contribution in [-0.2, 0) is 15.5 Å². The number of pyridine rings is 1. The van der Waals surface area contributed by atoms with Gasteiger partial charge in [-0.15, -0.1) is 0 Å². The van der Waals surface area contributed by atoms with Crippen molar-refractivity contribution in [1.82, 2.24) is 4.98 Å². The molecule has 1 rings (SSSR count). The third-order valence-corrected chi connectivity index (χ3v) is 3.34. The molecule has 1 N–H and O–H groups in total. The molecule has 0 saturated heterocycles. The number of aryl methyl sites for hydroxylation is 1. The van der Waals surface area contributed by atoms with Gasteiger partial charge in [0.2, 0.25) is 0 Å². The number of nitrogens with one attached hydrogen (secondary N) is 1. The van der Waals surface area contributed by atoms with E-state index in [0.29, 0.717) is 22.8 Å². The standard InChI is InChI=1S/C12H18N2O3S/c1-8(7-18(4)16)13-11-6-5-10(9(2)14-11)12(15)17-3/h5-6,8H,7H2,1-4H3,(H,13,14). The summed E-state index contributed by atoms with van der Waals surface area (Å²) in [6, 6.07) is 3.45. The molecule has 18 heavy (non-hydrogen) atoms. The Morgan fingerprint density at radius 3 is 2.72 bits per heavy atom. The van der Waals surface area contributed by atoms with Gasteiger partial charge in [-0.1, -0.05) is 0 Å². The van der Waals surface area contributed by atoms with E-state index in [4.69, 9.17) is 0 Å². The van der Waals surface area contributed by atoms with Crippen LogP contribution in [0.1, 0.15) is 23.0 Å². The number of aromatic nitrogens is 1. The van der Waals surface area contributed by atoms with E-state index < -0.39 is 16.8 Å². The lowest BCUT2D eigenvalue weighted by atomic mass is 10.2. The quantitative estimate of drug-likeness (QED) is 0.818. The van der Waals surface area contributed by atoms with Crippen molar-refractivity contribution in [2.45, 2.75) is 19.9 Å². The predicted octanol–water partition coefficient (Wildman–Crippen LogP) is 1.36. The molecule has 0 fully saturated rings. The normalized spacial score (nSPS) is 13.8. The molecular formula is C12H18N2O3S. The summed E-state index contributed by atoms with van der Waals surface area (Å²) < 4.78 is 15.7. The van der Waals surface area contributed by atoms with E-state index in [1.807, 2.05) is 6.92 Å². The van der Waals surface area contributed by atoms with Gasteiger partial charge < -0.3 is 10.1 Å². The second-order valence-corrected chi connectivity index (χ2v) is 5.59. The average Bonchev–Trinajstić information content (AvgIpc) is 2.27. The van der Waals surface area contributed by atoms with E-state index in [1.165, 1.54) is 7.11 Å². The molecule has 0 spiro atoms. The highest BCUT2D eigenvalue weighted by Gasteiger charge is 2.11. The molecule has 0 aliphatic rings. The predicted molar refractivity (Wildman–Crippen MR) is 72.3 cm³/mol. The molecule has 1 aromatic heterocycles. The monoisotopic (exact) mass is 270 g/mol. The zero-order valence-electron chi connectivity index (χ0n) is 11.0. The fourth-order valence-electron chi connectivity index (χ4n) is 1.61. The van der Waals surface area contributed by atoms with E-state index in [9.17, 15) is 9.00 Å². The molecule has 0 aromatic carbocycles. The van der Waals surface area contributed by atoms with Crippen molar-refractivity contribution >= 4 is 22.6 Å². The summed E-state index contributed by atoms with van der Waals surface area (Å²) in [5.41, 5.74) is 1.06. The molecule has 1 aromatic rings. The molecule has 0 aliphatic heterocycles. The van der Waals surface area contributed by atoms with Crippen LogP contribution in [0.5, 0.6) is 0 Å². The van der Waals surface area contributed by atoms with Crippen LogP contribution in [0.3, 0.4) is 0 Å². The van der Waals surface area contributed by atoms with Gasteiger partial charge in [-0.2, -0.15) is 0 Å². The van der Waals surface area contributed by atoms with Gasteiger partial charge in [0.1, 0.15) is 5.82 Å². The first-order valence-corrected chi connectivity index (χ1v) is 7.29. The van der Waals surface area contributed by atoms with Crippen LogP contribution in [0.4, 0.5) is 5.82 Å². The highest BCUT2D eigenvalue weighted by Crippen LogP contribution is 2.12. The molecule has 1 heterocycles. The lowest BCUT2D eigenvalue weighted by molar-refractivity contribution is 0.0599. The molecule has 100 valence electrons. The molecule has 0 bridgehead atoms. The van der Waals surface area contributed by atoms with Gasteiger partial charge in [0.25, 0.3) is 0 Å².